The molecule has 6 nitrogen and oxygen atoms in total. The highest BCUT2D eigenvalue weighted by atomic mass is 32.2. The average Bonchev–Trinajstić information content (AvgIpc) is 2.95. The van der Waals surface area contributed by atoms with E-state index in [0.29, 0.717) is 5.69 Å². The lowest BCUT2D eigenvalue weighted by Gasteiger charge is -2.26. The number of aliphatic hydroxyl groups is 1. The molecule has 1 aliphatic carbocycles. The van der Waals surface area contributed by atoms with Crippen molar-refractivity contribution in [1.82, 2.24) is 4.72 Å². The third kappa shape index (κ3) is 3.48. The molecule has 0 heterocycles. The predicted molar refractivity (Wildman–Crippen MR) is 80.6 cm³/mol. The van der Waals surface area contributed by atoms with Gasteiger partial charge in [0.1, 0.15) is 10.6 Å². The zero-order valence-corrected chi connectivity index (χ0v) is 12.9. The minimum atomic E-state index is -3.73. The number of hydrogen-bond acceptors (Lipinski definition) is 5. The first kappa shape index (κ1) is 16.1. The Kier molecular flexibility index (Phi) is 4.75. The van der Waals surface area contributed by atoms with Crippen LogP contribution in [0.5, 0.6) is 5.75 Å². The molecular weight excluding hydrogens is 292 g/mol. The van der Waals surface area contributed by atoms with Gasteiger partial charge in [0.05, 0.1) is 7.11 Å². The van der Waals surface area contributed by atoms with Crippen LogP contribution in [0.25, 0.3) is 0 Å². The zero-order chi connectivity index (χ0) is 15.5. The van der Waals surface area contributed by atoms with E-state index in [9.17, 15) is 13.5 Å². The molecule has 0 atom stereocenters. The summed E-state index contributed by atoms with van der Waals surface area (Å²) in [5.74, 6) is 0.251. The lowest BCUT2D eigenvalue weighted by molar-refractivity contribution is 0.134. The van der Waals surface area contributed by atoms with Gasteiger partial charge in [-0.2, -0.15) is 0 Å². The van der Waals surface area contributed by atoms with Crippen molar-refractivity contribution in [3.8, 4) is 5.75 Å². The third-order valence-corrected chi connectivity index (χ3v) is 5.54. The van der Waals surface area contributed by atoms with Gasteiger partial charge in [-0.3, -0.25) is 0 Å². The number of nitrogen functional groups attached to an aromatic ring is 1. The van der Waals surface area contributed by atoms with Gasteiger partial charge in [0, 0.05) is 24.3 Å². The Morgan fingerprint density at radius 3 is 2.62 bits per heavy atom. The Morgan fingerprint density at radius 1 is 1.38 bits per heavy atom. The van der Waals surface area contributed by atoms with Crippen LogP contribution < -0.4 is 15.2 Å². The van der Waals surface area contributed by atoms with Gasteiger partial charge in [0.2, 0.25) is 10.0 Å². The van der Waals surface area contributed by atoms with Gasteiger partial charge in [-0.05, 0) is 31.0 Å². The number of hydrogen-bond donors (Lipinski definition) is 3. The number of anilines is 1. The second kappa shape index (κ2) is 6.21. The predicted octanol–water partition coefficient (Wildman–Crippen LogP) is 1.11. The third-order valence-electron chi connectivity index (χ3n) is 4.11. The molecule has 118 valence electrons. The molecule has 0 unspecified atom stereocenters. The average molecular weight is 314 g/mol. The number of benzene rings is 1. The lowest BCUT2D eigenvalue weighted by Crippen LogP contribution is -2.38. The number of ether oxygens (including phenoxy) is 1. The largest absolute Gasteiger partial charge is 0.495 e. The number of sulfonamides is 1. The fourth-order valence-corrected chi connectivity index (χ4v) is 4.10. The van der Waals surface area contributed by atoms with E-state index in [1.165, 1.54) is 19.2 Å². The normalized spacial score (nSPS) is 17.8. The van der Waals surface area contributed by atoms with Crippen LogP contribution in [0.4, 0.5) is 5.69 Å². The van der Waals surface area contributed by atoms with Gasteiger partial charge in [0.15, 0.2) is 0 Å². The Hall–Kier alpha value is -1.31. The van der Waals surface area contributed by atoms with Crippen molar-refractivity contribution in [2.75, 3.05) is 26.0 Å². The topological polar surface area (TPSA) is 102 Å². The van der Waals surface area contributed by atoms with Crippen LogP contribution in [0, 0.1) is 5.41 Å². The summed E-state index contributed by atoms with van der Waals surface area (Å²) < 4.78 is 32.6. The number of methoxy groups -OCH3 is 1. The molecule has 0 radical (unpaired) electrons. The maximum absolute atomic E-state index is 12.5. The molecule has 0 bridgehead atoms. The first-order valence-electron chi connectivity index (χ1n) is 6.96. The summed E-state index contributed by atoms with van der Waals surface area (Å²) in [7, 11) is -2.31. The standard InChI is InChI=1S/C14H22N2O4S/c1-20-12-5-4-11(15)8-13(12)21(18,19)16-9-14(10-17)6-2-3-7-14/h4-5,8,16-17H,2-3,6-7,9-10,15H2,1H3. The molecule has 4 N–H and O–H groups in total. The molecule has 0 saturated heterocycles. The van der Waals surface area contributed by atoms with Crippen molar-refractivity contribution >= 4 is 15.7 Å². The summed E-state index contributed by atoms with van der Waals surface area (Å²) in [6.07, 6.45) is 3.70. The van der Waals surface area contributed by atoms with Gasteiger partial charge >= 0.3 is 0 Å². The fraction of sp³-hybridized carbons (Fsp3) is 0.571. The molecule has 1 fully saturated rings. The van der Waals surface area contributed by atoms with Crippen LogP contribution in [0.1, 0.15) is 25.7 Å². The van der Waals surface area contributed by atoms with Crippen molar-refractivity contribution in [3.05, 3.63) is 18.2 Å². The minimum absolute atomic E-state index is 0.0103. The number of rotatable bonds is 6. The molecule has 0 aromatic heterocycles. The van der Waals surface area contributed by atoms with Gasteiger partial charge in [0.25, 0.3) is 0 Å². The van der Waals surface area contributed by atoms with Gasteiger partial charge in [-0.15, -0.1) is 0 Å². The van der Waals surface area contributed by atoms with Crippen LogP contribution in [0.2, 0.25) is 0 Å². The van der Waals surface area contributed by atoms with Gasteiger partial charge < -0.3 is 15.6 Å². The molecule has 0 spiro atoms. The summed E-state index contributed by atoms with van der Waals surface area (Å²) in [5.41, 5.74) is 5.67. The maximum Gasteiger partial charge on any atom is 0.244 e. The van der Waals surface area contributed by atoms with Crippen LogP contribution >= 0.6 is 0 Å². The van der Waals surface area contributed by atoms with Crippen LogP contribution in [-0.4, -0.2) is 33.8 Å². The van der Waals surface area contributed by atoms with Crippen molar-refractivity contribution in [2.45, 2.75) is 30.6 Å². The van der Waals surface area contributed by atoms with E-state index in [1.54, 1.807) is 6.07 Å². The second-order valence-electron chi connectivity index (χ2n) is 5.60. The molecule has 0 amide bonds. The number of aliphatic hydroxyl groups excluding tert-OH is 1. The highest BCUT2D eigenvalue weighted by Gasteiger charge is 2.35. The molecule has 1 aliphatic rings. The molecule has 0 aliphatic heterocycles. The highest BCUT2D eigenvalue weighted by molar-refractivity contribution is 7.89. The first-order chi connectivity index (χ1) is 9.92. The van der Waals surface area contributed by atoms with Crippen LogP contribution in [0.15, 0.2) is 23.1 Å². The monoisotopic (exact) mass is 314 g/mol. The summed E-state index contributed by atoms with van der Waals surface area (Å²) in [6.45, 7) is 0.216. The Labute approximate surface area is 125 Å². The summed E-state index contributed by atoms with van der Waals surface area (Å²) >= 11 is 0. The number of nitrogens with one attached hydrogen (secondary N) is 1. The molecule has 1 aromatic rings. The molecule has 7 heteroatoms. The number of nitrogens with two attached hydrogens (primary N) is 1. The van der Waals surface area contributed by atoms with E-state index in [0.717, 1.165) is 25.7 Å². The Morgan fingerprint density at radius 2 is 2.05 bits per heavy atom. The molecule has 1 aromatic carbocycles. The van der Waals surface area contributed by atoms with E-state index in [2.05, 4.69) is 4.72 Å². The summed E-state index contributed by atoms with van der Waals surface area (Å²) in [5, 5.41) is 9.55. The lowest BCUT2D eigenvalue weighted by atomic mass is 9.88. The Bertz CT molecular complexity index is 595. The van der Waals surface area contributed by atoms with Crippen LogP contribution in [-0.2, 0) is 10.0 Å². The second-order valence-corrected chi connectivity index (χ2v) is 7.34. The summed E-state index contributed by atoms with van der Waals surface area (Å²) in [6, 6.07) is 4.49. The first-order valence-corrected chi connectivity index (χ1v) is 8.45. The molecule has 2 rings (SSSR count). The smallest absolute Gasteiger partial charge is 0.244 e. The minimum Gasteiger partial charge on any atom is -0.495 e. The van der Waals surface area contributed by atoms with Crippen molar-refractivity contribution in [1.29, 1.82) is 0 Å². The fourth-order valence-electron chi connectivity index (χ4n) is 2.74. The quantitative estimate of drug-likeness (QED) is 0.683. The molecule has 1 saturated carbocycles. The molecule has 21 heavy (non-hydrogen) atoms. The highest BCUT2D eigenvalue weighted by Crippen LogP contribution is 2.37. The SMILES string of the molecule is COc1ccc(N)cc1S(=O)(=O)NCC1(CO)CCCC1. The Balaban J connectivity index is 2.20. The maximum atomic E-state index is 12.5. The van der Waals surface area contributed by atoms with E-state index in [4.69, 9.17) is 10.5 Å². The molecular formula is C14H22N2O4S. The van der Waals surface area contributed by atoms with Crippen molar-refractivity contribution in [2.24, 2.45) is 5.41 Å². The van der Waals surface area contributed by atoms with Crippen molar-refractivity contribution in [3.63, 3.8) is 0 Å². The zero-order valence-electron chi connectivity index (χ0n) is 12.1. The van der Waals surface area contributed by atoms with Gasteiger partial charge in [-0.1, -0.05) is 12.8 Å². The van der Waals surface area contributed by atoms with Gasteiger partial charge in [-0.25, -0.2) is 13.1 Å². The van der Waals surface area contributed by atoms with Crippen molar-refractivity contribution < 1.29 is 18.3 Å². The van der Waals surface area contributed by atoms with Crippen LogP contribution in [0.3, 0.4) is 0 Å². The van der Waals surface area contributed by atoms with E-state index in [-0.39, 0.29) is 29.2 Å². The summed E-state index contributed by atoms with van der Waals surface area (Å²) in [4.78, 5) is 0.0242. The van der Waals surface area contributed by atoms with E-state index < -0.39 is 10.0 Å². The van der Waals surface area contributed by atoms with E-state index in [1.807, 2.05) is 0 Å². The van der Waals surface area contributed by atoms with E-state index >= 15 is 0 Å².